The van der Waals surface area contributed by atoms with E-state index in [9.17, 15) is 0 Å². The topological polar surface area (TPSA) is 93.3 Å². The minimum Gasteiger partial charge on any atom is -0.329 e. The molecule has 0 amide bonds. The van der Waals surface area contributed by atoms with Crippen molar-refractivity contribution in [3.8, 4) is 0 Å². The molecule has 5 nitrogen and oxygen atoms in total. The van der Waals surface area contributed by atoms with Crippen LogP contribution < -0.4 is 22.5 Å². The Hall–Kier alpha value is -1.76. The highest BCUT2D eigenvalue weighted by molar-refractivity contribution is 5.21. The lowest BCUT2D eigenvalue weighted by Gasteiger charge is -2.20. The standard InChI is InChI=1S/C14H26N4.C8H11N/c1-13-2-4-14(5-3-13)12-17-8-11-18(9-6-15)10-7-16;1-7-2-4-8(6-9)5-3-7/h2-5,17H,6-12,15-16H2,1H3;2-5H,6,9H2,1H3. The zero-order valence-electron chi connectivity index (χ0n) is 17.0. The molecular formula is C22H37N5. The number of benzene rings is 2. The summed E-state index contributed by atoms with van der Waals surface area (Å²) in [6.45, 7) is 10.9. The van der Waals surface area contributed by atoms with Crippen molar-refractivity contribution in [2.24, 2.45) is 17.2 Å². The normalized spacial score (nSPS) is 10.6. The first-order valence-electron chi connectivity index (χ1n) is 9.73. The summed E-state index contributed by atoms with van der Waals surface area (Å²) in [4.78, 5) is 2.29. The van der Waals surface area contributed by atoms with E-state index < -0.39 is 0 Å². The molecule has 0 aliphatic carbocycles. The second-order valence-electron chi connectivity index (χ2n) is 6.77. The van der Waals surface area contributed by atoms with Gasteiger partial charge in [-0.2, -0.15) is 0 Å². The van der Waals surface area contributed by atoms with Crippen molar-refractivity contribution in [1.29, 1.82) is 0 Å². The van der Waals surface area contributed by atoms with Crippen LogP contribution in [0.5, 0.6) is 0 Å². The molecule has 0 spiro atoms. The summed E-state index contributed by atoms with van der Waals surface area (Å²) in [5.74, 6) is 0. The fraction of sp³-hybridized carbons (Fsp3) is 0.455. The van der Waals surface area contributed by atoms with E-state index in [1.165, 1.54) is 22.3 Å². The third-order valence-corrected chi connectivity index (χ3v) is 4.30. The van der Waals surface area contributed by atoms with E-state index in [1.54, 1.807) is 0 Å². The fourth-order valence-corrected chi connectivity index (χ4v) is 2.60. The predicted octanol–water partition coefficient (Wildman–Crippen LogP) is 1.76. The van der Waals surface area contributed by atoms with E-state index in [0.29, 0.717) is 19.6 Å². The van der Waals surface area contributed by atoms with E-state index in [0.717, 1.165) is 32.7 Å². The van der Waals surface area contributed by atoms with Crippen molar-refractivity contribution in [2.45, 2.75) is 26.9 Å². The quantitative estimate of drug-likeness (QED) is 0.478. The molecule has 0 saturated heterocycles. The number of nitrogens with zero attached hydrogens (tertiary/aromatic N) is 1. The van der Waals surface area contributed by atoms with Gasteiger partial charge in [-0.05, 0) is 25.0 Å². The molecular weight excluding hydrogens is 334 g/mol. The maximum atomic E-state index is 5.57. The summed E-state index contributed by atoms with van der Waals surface area (Å²) >= 11 is 0. The number of hydrogen-bond donors (Lipinski definition) is 4. The maximum absolute atomic E-state index is 5.57. The second-order valence-corrected chi connectivity index (χ2v) is 6.77. The molecule has 0 heterocycles. The van der Waals surface area contributed by atoms with E-state index in [4.69, 9.17) is 17.2 Å². The number of nitrogens with one attached hydrogen (secondary N) is 1. The molecule has 0 aliphatic heterocycles. The molecule has 0 bridgehead atoms. The van der Waals surface area contributed by atoms with Crippen LogP contribution in [0.15, 0.2) is 48.5 Å². The Kier molecular flexibility index (Phi) is 12.3. The van der Waals surface area contributed by atoms with E-state index >= 15 is 0 Å². The van der Waals surface area contributed by atoms with Gasteiger partial charge in [-0.1, -0.05) is 59.7 Å². The Morgan fingerprint density at radius 2 is 1.19 bits per heavy atom. The average molecular weight is 372 g/mol. The predicted molar refractivity (Wildman–Crippen MR) is 117 cm³/mol. The van der Waals surface area contributed by atoms with Gasteiger partial charge in [-0.15, -0.1) is 0 Å². The highest BCUT2D eigenvalue weighted by Gasteiger charge is 2.01. The SMILES string of the molecule is Cc1ccc(CN)cc1.Cc1ccc(CNCCN(CCN)CCN)cc1. The van der Waals surface area contributed by atoms with Crippen LogP contribution >= 0.6 is 0 Å². The lowest BCUT2D eigenvalue weighted by Crippen LogP contribution is -2.38. The van der Waals surface area contributed by atoms with Gasteiger partial charge in [0.05, 0.1) is 0 Å². The number of rotatable bonds is 10. The Balaban J connectivity index is 0.000000337. The van der Waals surface area contributed by atoms with Gasteiger partial charge in [0.15, 0.2) is 0 Å². The summed E-state index contributed by atoms with van der Waals surface area (Å²) < 4.78 is 0. The summed E-state index contributed by atoms with van der Waals surface area (Å²) in [5.41, 5.74) is 21.6. The van der Waals surface area contributed by atoms with Gasteiger partial charge in [-0.25, -0.2) is 0 Å². The first-order valence-corrected chi connectivity index (χ1v) is 9.73. The van der Waals surface area contributed by atoms with Crippen molar-refractivity contribution in [1.82, 2.24) is 10.2 Å². The number of aryl methyl sites for hydroxylation is 2. The van der Waals surface area contributed by atoms with Crippen LogP contribution in [0.1, 0.15) is 22.3 Å². The molecule has 0 fully saturated rings. The highest BCUT2D eigenvalue weighted by atomic mass is 15.1. The van der Waals surface area contributed by atoms with Crippen molar-refractivity contribution >= 4 is 0 Å². The Morgan fingerprint density at radius 3 is 1.63 bits per heavy atom. The summed E-state index contributed by atoms with van der Waals surface area (Å²) in [5, 5.41) is 3.45. The first-order chi connectivity index (χ1) is 13.1. The Labute approximate surface area is 164 Å². The summed E-state index contributed by atoms with van der Waals surface area (Å²) in [6.07, 6.45) is 0. The molecule has 0 atom stereocenters. The molecule has 5 heteroatoms. The van der Waals surface area contributed by atoms with Crippen molar-refractivity contribution in [3.05, 3.63) is 70.8 Å². The van der Waals surface area contributed by atoms with Crippen LogP contribution in [0.2, 0.25) is 0 Å². The largest absolute Gasteiger partial charge is 0.329 e. The molecule has 0 unspecified atom stereocenters. The summed E-state index contributed by atoms with van der Waals surface area (Å²) in [7, 11) is 0. The van der Waals surface area contributed by atoms with E-state index in [2.05, 4.69) is 72.6 Å². The molecule has 0 saturated carbocycles. The lowest BCUT2D eigenvalue weighted by molar-refractivity contribution is 0.287. The van der Waals surface area contributed by atoms with Crippen molar-refractivity contribution in [3.63, 3.8) is 0 Å². The van der Waals surface area contributed by atoms with Crippen LogP contribution in [0.25, 0.3) is 0 Å². The molecule has 0 aliphatic rings. The monoisotopic (exact) mass is 371 g/mol. The molecule has 0 radical (unpaired) electrons. The number of hydrogen-bond acceptors (Lipinski definition) is 5. The van der Waals surface area contributed by atoms with Crippen LogP contribution in [-0.4, -0.2) is 44.2 Å². The van der Waals surface area contributed by atoms with Crippen LogP contribution in [0.4, 0.5) is 0 Å². The van der Waals surface area contributed by atoms with Crippen molar-refractivity contribution < 1.29 is 0 Å². The number of nitrogens with two attached hydrogens (primary N) is 3. The van der Waals surface area contributed by atoms with Crippen LogP contribution in [0, 0.1) is 13.8 Å². The van der Waals surface area contributed by atoms with Gasteiger partial charge in [0.1, 0.15) is 0 Å². The molecule has 2 aromatic carbocycles. The van der Waals surface area contributed by atoms with Crippen LogP contribution in [-0.2, 0) is 13.1 Å². The van der Waals surface area contributed by atoms with Gasteiger partial charge in [0, 0.05) is 52.4 Å². The van der Waals surface area contributed by atoms with Gasteiger partial charge < -0.3 is 22.5 Å². The van der Waals surface area contributed by atoms with Gasteiger partial charge in [-0.3, -0.25) is 4.90 Å². The molecule has 2 rings (SSSR count). The van der Waals surface area contributed by atoms with Gasteiger partial charge in [0.25, 0.3) is 0 Å². The minimum absolute atomic E-state index is 0.639. The van der Waals surface area contributed by atoms with Gasteiger partial charge >= 0.3 is 0 Å². The maximum Gasteiger partial charge on any atom is 0.0206 e. The minimum atomic E-state index is 0.639. The third-order valence-electron chi connectivity index (χ3n) is 4.30. The van der Waals surface area contributed by atoms with Crippen LogP contribution in [0.3, 0.4) is 0 Å². The molecule has 150 valence electrons. The van der Waals surface area contributed by atoms with Crippen molar-refractivity contribution in [2.75, 3.05) is 39.3 Å². The second kappa shape index (κ2) is 14.3. The molecule has 27 heavy (non-hydrogen) atoms. The Morgan fingerprint density at radius 1 is 0.704 bits per heavy atom. The third kappa shape index (κ3) is 10.9. The zero-order valence-corrected chi connectivity index (χ0v) is 17.0. The first kappa shape index (κ1) is 23.3. The average Bonchev–Trinajstić information content (AvgIpc) is 2.68. The van der Waals surface area contributed by atoms with E-state index in [-0.39, 0.29) is 0 Å². The molecule has 0 aromatic heterocycles. The fourth-order valence-electron chi connectivity index (χ4n) is 2.60. The lowest BCUT2D eigenvalue weighted by atomic mass is 10.1. The molecule has 2 aromatic rings. The Bertz CT molecular complexity index is 589. The summed E-state index contributed by atoms with van der Waals surface area (Å²) in [6, 6.07) is 16.9. The molecule has 7 N–H and O–H groups in total. The van der Waals surface area contributed by atoms with Gasteiger partial charge in [0.2, 0.25) is 0 Å². The van der Waals surface area contributed by atoms with E-state index in [1.807, 2.05) is 0 Å². The smallest absolute Gasteiger partial charge is 0.0206 e. The zero-order chi connectivity index (χ0) is 19.9. The highest BCUT2D eigenvalue weighted by Crippen LogP contribution is 2.02.